The number of ether oxygens (including phenoxy) is 1. The summed E-state index contributed by atoms with van der Waals surface area (Å²) in [7, 11) is 0. The van der Waals surface area contributed by atoms with Gasteiger partial charge in [-0.2, -0.15) is 0 Å². The number of fused-ring (bicyclic) bond motifs is 1. The van der Waals surface area contributed by atoms with Crippen molar-refractivity contribution < 1.29 is 47.1 Å². The zero-order valence-electron chi connectivity index (χ0n) is 18.7. The third-order valence-electron chi connectivity index (χ3n) is 4.68. The summed E-state index contributed by atoms with van der Waals surface area (Å²) in [5, 5.41) is 15.9. The number of nitrogens with zero attached hydrogens (tertiary/aromatic N) is 2. The number of aromatic nitrogens is 2. The summed E-state index contributed by atoms with van der Waals surface area (Å²) in [5.74, 6) is -2.53. The van der Waals surface area contributed by atoms with Crippen LogP contribution >= 0.6 is 11.3 Å². The van der Waals surface area contributed by atoms with E-state index in [2.05, 4.69) is 20.6 Å². The normalized spacial score (nSPS) is 10.5. The van der Waals surface area contributed by atoms with Crippen LogP contribution in [-0.4, -0.2) is 35.1 Å². The monoisotopic (exact) mass is 490 g/mol. The van der Waals surface area contributed by atoms with Gasteiger partial charge in [0.05, 0.1) is 10.7 Å². The van der Waals surface area contributed by atoms with Crippen LogP contribution in [0.1, 0.15) is 6.92 Å². The Balaban J connectivity index is 0.00000342. The van der Waals surface area contributed by atoms with E-state index in [9.17, 15) is 19.1 Å². The maximum Gasteiger partial charge on any atom is 1.00 e. The van der Waals surface area contributed by atoms with Gasteiger partial charge in [-0.3, -0.25) is 10.3 Å². The van der Waals surface area contributed by atoms with E-state index in [0.29, 0.717) is 16.8 Å². The molecule has 2 aromatic carbocycles. The van der Waals surface area contributed by atoms with E-state index >= 15 is 4.39 Å². The van der Waals surface area contributed by atoms with Crippen molar-refractivity contribution in [2.24, 2.45) is 0 Å². The van der Waals surface area contributed by atoms with E-state index in [4.69, 9.17) is 4.74 Å². The van der Waals surface area contributed by atoms with Crippen molar-refractivity contribution in [2.45, 2.75) is 6.92 Å². The number of amides is 2. The number of hydrogen-bond acceptors (Lipinski definition) is 7. The molecule has 0 saturated carbocycles. The molecule has 0 aliphatic heterocycles. The van der Waals surface area contributed by atoms with E-state index in [1.54, 1.807) is 19.1 Å². The molecule has 0 aliphatic carbocycles. The molecule has 4 rings (SSSR count). The third kappa shape index (κ3) is 5.76. The van der Waals surface area contributed by atoms with Gasteiger partial charge in [-0.1, -0.05) is 23.5 Å². The summed E-state index contributed by atoms with van der Waals surface area (Å²) in [4.78, 5) is 31.0. The Morgan fingerprint density at radius 2 is 1.94 bits per heavy atom. The van der Waals surface area contributed by atoms with E-state index in [-0.39, 0.29) is 52.1 Å². The fourth-order valence-corrected chi connectivity index (χ4v) is 4.24. The quantitative estimate of drug-likeness (QED) is 0.366. The number of carbonyl (C=O) groups is 2. The second kappa shape index (κ2) is 11.3. The minimum Gasteiger partial charge on any atom is -0.546 e. The summed E-state index contributed by atoms with van der Waals surface area (Å²) < 4.78 is 35.8. The summed E-state index contributed by atoms with van der Waals surface area (Å²) in [5.41, 5.74) is 0.620. The van der Waals surface area contributed by atoms with Crippen LogP contribution in [0.3, 0.4) is 0 Å². The number of rotatable bonds is 7. The minimum atomic E-state index is -1.40. The molecule has 12 heteroatoms. The van der Waals surface area contributed by atoms with Crippen molar-refractivity contribution in [2.75, 3.05) is 18.5 Å². The van der Waals surface area contributed by atoms with Crippen LogP contribution in [0, 0.1) is 11.6 Å². The summed E-state index contributed by atoms with van der Waals surface area (Å²) >= 11 is 0.988. The van der Waals surface area contributed by atoms with Gasteiger partial charge in [-0.25, -0.2) is 18.6 Å². The maximum absolute atomic E-state index is 15.7. The number of carboxylic acids is 1. The summed E-state index contributed by atoms with van der Waals surface area (Å²) in [6.07, 6.45) is 1.41. The molecule has 35 heavy (non-hydrogen) atoms. The van der Waals surface area contributed by atoms with Gasteiger partial charge in [0.25, 0.3) is 0 Å². The standard InChI is InChI=1S/C23H18F2N4O4S.Li/c1-2-26-22(32)29-23-28-20-18(25)14(12-5-3-6-13(9-12)33-11-17(30)31)10-15(21(20)34-23)19-16(24)7-4-8-27-19;/h3-10H,2,11H2,1H3,(H,30,31)(H2,26,28,29,32);/q;+1/p-1. The predicted molar refractivity (Wildman–Crippen MR) is 121 cm³/mol. The number of carbonyl (C=O) groups excluding carboxylic acids is 2. The van der Waals surface area contributed by atoms with Gasteiger partial charge in [0.2, 0.25) is 0 Å². The second-order valence-corrected chi connectivity index (χ2v) is 7.99. The minimum absolute atomic E-state index is 0. The molecule has 0 fully saturated rings. The Kier molecular flexibility index (Phi) is 8.40. The number of benzene rings is 2. The van der Waals surface area contributed by atoms with Gasteiger partial charge < -0.3 is 20.0 Å². The first-order chi connectivity index (χ1) is 16.4. The first-order valence-electron chi connectivity index (χ1n) is 10.1. The topological polar surface area (TPSA) is 116 Å². The number of thiazole rings is 1. The van der Waals surface area contributed by atoms with Crippen LogP contribution in [0.2, 0.25) is 0 Å². The number of carboxylic acid groups (broad SMARTS) is 1. The first kappa shape index (κ1) is 26.1. The average molecular weight is 490 g/mol. The van der Waals surface area contributed by atoms with Crippen LogP contribution in [-0.2, 0) is 4.79 Å². The molecule has 0 bridgehead atoms. The van der Waals surface area contributed by atoms with Crippen LogP contribution in [0.4, 0.5) is 18.7 Å². The molecule has 2 N–H and O–H groups in total. The van der Waals surface area contributed by atoms with E-state index in [0.717, 1.165) is 11.3 Å². The number of aliphatic carboxylic acids is 1. The van der Waals surface area contributed by atoms with Crippen molar-refractivity contribution >= 4 is 38.7 Å². The Morgan fingerprint density at radius 3 is 2.66 bits per heavy atom. The molecule has 2 amide bonds. The third-order valence-corrected chi connectivity index (χ3v) is 5.68. The first-order valence-corrected chi connectivity index (χ1v) is 10.9. The smallest absolute Gasteiger partial charge is 0.546 e. The molecule has 0 unspecified atom stereocenters. The number of hydrogen-bond donors (Lipinski definition) is 2. The Bertz CT molecular complexity index is 1400. The van der Waals surface area contributed by atoms with Crippen LogP contribution in [0.15, 0.2) is 48.7 Å². The van der Waals surface area contributed by atoms with Crippen molar-refractivity contribution in [1.29, 1.82) is 0 Å². The second-order valence-electron chi connectivity index (χ2n) is 6.99. The zero-order valence-corrected chi connectivity index (χ0v) is 19.5. The molecular weight excluding hydrogens is 473 g/mol. The Morgan fingerprint density at radius 1 is 1.14 bits per heavy atom. The van der Waals surface area contributed by atoms with E-state index in [1.807, 2.05) is 0 Å². The van der Waals surface area contributed by atoms with Crippen molar-refractivity contribution in [3.8, 4) is 28.1 Å². The largest absolute Gasteiger partial charge is 1.00 e. The predicted octanol–water partition coefficient (Wildman–Crippen LogP) is 0.578. The molecule has 174 valence electrons. The fraction of sp³-hybridized carbons (Fsp3) is 0.130. The molecule has 2 aromatic heterocycles. The zero-order chi connectivity index (χ0) is 24.2. The number of urea groups is 1. The van der Waals surface area contributed by atoms with E-state index in [1.165, 1.54) is 36.5 Å². The van der Waals surface area contributed by atoms with Gasteiger partial charge in [-0.05, 0) is 42.8 Å². The molecule has 0 spiro atoms. The molecule has 8 nitrogen and oxygen atoms in total. The molecule has 0 aliphatic rings. The maximum atomic E-state index is 15.7. The SMILES string of the molecule is CCNC(=O)Nc1nc2c(F)c(-c3cccc(OCC(=O)[O-])c3)cc(-c3ncccc3F)c2s1.[Li+]. The van der Waals surface area contributed by atoms with Gasteiger partial charge in [0.1, 0.15) is 29.4 Å². The van der Waals surface area contributed by atoms with Gasteiger partial charge in [0.15, 0.2) is 10.9 Å². The number of pyridine rings is 1. The van der Waals surface area contributed by atoms with Crippen LogP contribution in [0.5, 0.6) is 5.75 Å². The molecule has 0 radical (unpaired) electrons. The molecule has 2 heterocycles. The number of anilines is 1. The van der Waals surface area contributed by atoms with Gasteiger partial charge >= 0.3 is 24.9 Å². The van der Waals surface area contributed by atoms with Crippen molar-refractivity contribution in [3.63, 3.8) is 0 Å². The molecule has 4 aromatic rings. The average Bonchev–Trinajstić information content (AvgIpc) is 3.23. The summed E-state index contributed by atoms with van der Waals surface area (Å²) in [6, 6.07) is 9.72. The van der Waals surface area contributed by atoms with Crippen molar-refractivity contribution in [3.05, 3.63) is 60.3 Å². The number of halogens is 2. The van der Waals surface area contributed by atoms with Gasteiger partial charge in [0, 0.05) is 23.9 Å². The molecule has 0 atom stereocenters. The number of nitrogens with one attached hydrogen (secondary N) is 2. The Hall–Kier alpha value is -3.52. The molecule has 0 saturated heterocycles. The molecular formula is C23H17F2LiN4O4S. The van der Waals surface area contributed by atoms with Crippen LogP contribution < -0.4 is 39.3 Å². The van der Waals surface area contributed by atoms with Crippen LogP contribution in [0.25, 0.3) is 32.6 Å². The Labute approximate surface area is 214 Å². The van der Waals surface area contributed by atoms with Crippen molar-refractivity contribution in [1.82, 2.24) is 15.3 Å². The van der Waals surface area contributed by atoms with Gasteiger partial charge in [-0.15, -0.1) is 0 Å². The van der Waals surface area contributed by atoms with E-state index < -0.39 is 30.2 Å². The fourth-order valence-electron chi connectivity index (χ4n) is 3.27. The summed E-state index contributed by atoms with van der Waals surface area (Å²) in [6.45, 7) is 1.46.